The average molecular weight is 360 g/mol. The van der Waals surface area contributed by atoms with E-state index in [4.69, 9.17) is 4.74 Å². The SMILES string of the molecule is COc1cccc(C(=O)NNC(=O)c2cc([N+](=O)[O-])cc([N+](=O)[O-])c2)c1. The van der Waals surface area contributed by atoms with Crippen LogP contribution in [0.15, 0.2) is 42.5 Å². The molecule has 0 saturated carbocycles. The number of hydrogen-bond donors (Lipinski definition) is 2. The molecule has 26 heavy (non-hydrogen) atoms. The third kappa shape index (κ3) is 4.29. The van der Waals surface area contributed by atoms with Crippen LogP contribution in [0.2, 0.25) is 0 Å². The van der Waals surface area contributed by atoms with E-state index >= 15 is 0 Å². The fourth-order valence-corrected chi connectivity index (χ4v) is 1.96. The summed E-state index contributed by atoms with van der Waals surface area (Å²) in [6.45, 7) is 0. The summed E-state index contributed by atoms with van der Waals surface area (Å²) >= 11 is 0. The number of benzene rings is 2. The molecule has 0 aliphatic rings. The van der Waals surface area contributed by atoms with Crippen molar-refractivity contribution in [2.75, 3.05) is 7.11 Å². The van der Waals surface area contributed by atoms with E-state index in [-0.39, 0.29) is 11.1 Å². The molecule has 0 heterocycles. The Labute approximate surface area is 145 Å². The fraction of sp³-hybridized carbons (Fsp3) is 0.0667. The summed E-state index contributed by atoms with van der Waals surface area (Å²) in [4.78, 5) is 44.0. The summed E-state index contributed by atoms with van der Waals surface area (Å²) in [6, 6.07) is 8.55. The van der Waals surface area contributed by atoms with Gasteiger partial charge in [-0.3, -0.25) is 40.7 Å². The van der Waals surface area contributed by atoms with Crippen molar-refractivity contribution >= 4 is 23.2 Å². The van der Waals surface area contributed by atoms with Gasteiger partial charge >= 0.3 is 0 Å². The normalized spacial score (nSPS) is 9.88. The van der Waals surface area contributed by atoms with Crippen LogP contribution < -0.4 is 15.6 Å². The number of nitro groups is 2. The van der Waals surface area contributed by atoms with Crippen LogP contribution in [0.3, 0.4) is 0 Å². The van der Waals surface area contributed by atoms with Crippen LogP contribution in [-0.2, 0) is 0 Å². The number of rotatable bonds is 5. The zero-order valence-electron chi connectivity index (χ0n) is 13.3. The lowest BCUT2D eigenvalue weighted by Gasteiger charge is -2.08. The molecule has 2 amide bonds. The van der Waals surface area contributed by atoms with Gasteiger partial charge in [-0.05, 0) is 18.2 Å². The number of amides is 2. The molecule has 0 unspecified atom stereocenters. The van der Waals surface area contributed by atoms with E-state index in [1.807, 2.05) is 5.43 Å². The predicted octanol–water partition coefficient (Wildman–Crippen LogP) is 1.59. The van der Waals surface area contributed by atoms with Gasteiger partial charge in [-0.25, -0.2) is 0 Å². The highest BCUT2D eigenvalue weighted by molar-refractivity contribution is 5.99. The summed E-state index contributed by atoms with van der Waals surface area (Å²) in [7, 11) is 1.42. The van der Waals surface area contributed by atoms with Crippen molar-refractivity contribution in [1.29, 1.82) is 0 Å². The molecule has 0 spiro atoms. The summed E-state index contributed by atoms with van der Waals surface area (Å²) in [5.74, 6) is -1.19. The van der Waals surface area contributed by atoms with E-state index in [2.05, 4.69) is 5.43 Å². The summed E-state index contributed by atoms with van der Waals surface area (Å²) < 4.78 is 4.98. The highest BCUT2D eigenvalue weighted by atomic mass is 16.6. The first-order valence-electron chi connectivity index (χ1n) is 7.00. The first-order chi connectivity index (χ1) is 12.3. The Kier molecular flexibility index (Phi) is 5.43. The molecule has 2 N–H and O–H groups in total. The maximum Gasteiger partial charge on any atom is 0.277 e. The maximum atomic E-state index is 12.1. The minimum absolute atomic E-state index is 0.190. The summed E-state index contributed by atoms with van der Waals surface area (Å²) in [5.41, 5.74) is 2.75. The molecule has 0 aliphatic heterocycles. The third-order valence-corrected chi connectivity index (χ3v) is 3.21. The minimum atomic E-state index is -0.951. The van der Waals surface area contributed by atoms with Gasteiger partial charge in [-0.1, -0.05) is 6.07 Å². The summed E-state index contributed by atoms with van der Waals surface area (Å²) in [5, 5.41) is 21.7. The molecule has 2 aromatic rings. The lowest BCUT2D eigenvalue weighted by molar-refractivity contribution is -0.394. The number of ether oxygens (including phenoxy) is 1. The molecular formula is C15H12N4O7. The van der Waals surface area contributed by atoms with E-state index in [1.54, 1.807) is 12.1 Å². The van der Waals surface area contributed by atoms with Gasteiger partial charge in [0.05, 0.1) is 28.6 Å². The highest BCUT2D eigenvalue weighted by Gasteiger charge is 2.20. The number of hydrazine groups is 1. The molecule has 0 bridgehead atoms. The van der Waals surface area contributed by atoms with Gasteiger partial charge in [0.25, 0.3) is 23.2 Å². The van der Waals surface area contributed by atoms with Crippen molar-refractivity contribution < 1.29 is 24.2 Å². The quantitative estimate of drug-likeness (QED) is 0.606. The monoisotopic (exact) mass is 360 g/mol. The van der Waals surface area contributed by atoms with Gasteiger partial charge in [-0.15, -0.1) is 0 Å². The van der Waals surface area contributed by atoms with Crippen molar-refractivity contribution in [3.05, 3.63) is 73.8 Å². The molecule has 11 nitrogen and oxygen atoms in total. The summed E-state index contributed by atoms with van der Waals surface area (Å²) in [6.07, 6.45) is 0. The Bertz CT molecular complexity index is 865. The molecule has 134 valence electrons. The van der Waals surface area contributed by atoms with Gasteiger partial charge in [0.2, 0.25) is 0 Å². The first-order valence-corrected chi connectivity index (χ1v) is 7.00. The molecule has 0 aromatic heterocycles. The number of non-ortho nitro benzene ring substituents is 2. The molecule has 0 fully saturated rings. The van der Waals surface area contributed by atoms with E-state index < -0.39 is 33.0 Å². The lowest BCUT2D eigenvalue weighted by atomic mass is 10.1. The van der Waals surface area contributed by atoms with Crippen LogP contribution in [0.1, 0.15) is 20.7 Å². The lowest BCUT2D eigenvalue weighted by Crippen LogP contribution is -2.41. The van der Waals surface area contributed by atoms with Crippen LogP contribution >= 0.6 is 0 Å². The highest BCUT2D eigenvalue weighted by Crippen LogP contribution is 2.22. The number of nitrogens with zero attached hydrogens (tertiary/aromatic N) is 2. The second-order valence-corrected chi connectivity index (χ2v) is 4.89. The molecule has 2 rings (SSSR count). The number of methoxy groups -OCH3 is 1. The Hall–Kier alpha value is -4.02. The van der Waals surface area contributed by atoms with Crippen LogP contribution in [0.25, 0.3) is 0 Å². The smallest absolute Gasteiger partial charge is 0.277 e. The molecule has 2 aromatic carbocycles. The van der Waals surface area contributed by atoms with Crippen molar-refractivity contribution in [3.63, 3.8) is 0 Å². The van der Waals surface area contributed by atoms with Crippen LogP contribution in [0.4, 0.5) is 11.4 Å². The van der Waals surface area contributed by atoms with Gasteiger partial charge < -0.3 is 4.74 Å². The topological polar surface area (TPSA) is 154 Å². The van der Waals surface area contributed by atoms with Gasteiger partial charge in [0.15, 0.2) is 0 Å². The second kappa shape index (κ2) is 7.70. The molecular weight excluding hydrogens is 348 g/mol. The second-order valence-electron chi connectivity index (χ2n) is 4.89. The Morgan fingerprint density at radius 3 is 1.92 bits per heavy atom. The number of nitro benzene ring substituents is 2. The Morgan fingerprint density at radius 2 is 1.42 bits per heavy atom. The zero-order valence-corrected chi connectivity index (χ0v) is 13.3. The van der Waals surface area contributed by atoms with Crippen molar-refractivity contribution in [2.24, 2.45) is 0 Å². The van der Waals surface area contributed by atoms with E-state index in [0.29, 0.717) is 5.75 Å². The van der Waals surface area contributed by atoms with Crippen molar-refractivity contribution in [1.82, 2.24) is 10.9 Å². The van der Waals surface area contributed by atoms with Gasteiger partial charge in [-0.2, -0.15) is 0 Å². The minimum Gasteiger partial charge on any atom is -0.497 e. The number of carbonyl (C=O) groups excluding carboxylic acids is 2. The zero-order chi connectivity index (χ0) is 19.3. The molecule has 11 heteroatoms. The molecule has 0 atom stereocenters. The maximum absolute atomic E-state index is 12.1. The fourth-order valence-electron chi connectivity index (χ4n) is 1.96. The van der Waals surface area contributed by atoms with Gasteiger partial charge in [0.1, 0.15) is 5.75 Å². The van der Waals surface area contributed by atoms with Crippen LogP contribution in [0, 0.1) is 20.2 Å². The third-order valence-electron chi connectivity index (χ3n) is 3.21. The van der Waals surface area contributed by atoms with Crippen LogP contribution in [-0.4, -0.2) is 28.8 Å². The molecule has 0 saturated heterocycles. The predicted molar refractivity (Wildman–Crippen MR) is 87.7 cm³/mol. The molecule has 0 aliphatic carbocycles. The standard InChI is InChI=1S/C15H12N4O7/c1-26-13-4-2-3-9(7-13)14(20)16-17-15(21)10-5-11(18(22)23)8-12(6-10)19(24)25/h2-8H,1H3,(H,16,20)(H,17,21). The molecule has 0 radical (unpaired) electrons. The van der Waals surface area contributed by atoms with E-state index in [9.17, 15) is 29.8 Å². The van der Waals surface area contributed by atoms with E-state index in [0.717, 1.165) is 18.2 Å². The Balaban J connectivity index is 2.15. The number of hydrogen-bond acceptors (Lipinski definition) is 7. The van der Waals surface area contributed by atoms with Crippen LogP contribution in [0.5, 0.6) is 5.75 Å². The van der Waals surface area contributed by atoms with Crippen molar-refractivity contribution in [3.8, 4) is 5.75 Å². The number of carbonyl (C=O) groups is 2. The largest absolute Gasteiger partial charge is 0.497 e. The first kappa shape index (κ1) is 18.3. The van der Waals surface area contributed by atoms with Gasteiger partial charge in [0, 0.05) is 17.7 Å². The number of nitrogens with one attached hydrogen (secondary N) is 2. The van der Waals surface area contributed by atoms with Crippen molar-refractivity contribution in [2.45, 2.75) is 0 Å². The Morgan fingerprint density at radius 1 is 0.885 bits per heavy atom. The average Bonchev–Trinajstić information content (AvgIpc) is 2.65. The van der Waals surface area contributed by atoms with E-state index in [1.165, 1.54) is 19.2 Å².